The molecule has 0 aliphatic rings. The molecule has 17 heavy (non-hydrogen) atoms. The number of hydrazine groups is 1. The van der Waals surface area contributed by atoms with Crippen LogP contribution in [0.3, 0.4) is 0 Å². The maximum absolute atomic E-state index is 5.31. The molecule has 1 aromatic carbocycles. The van der Waals surface area contributed by atoms with Crippen molar-refractivity contribution in [3.63, 3.8) is 0 Å². The molecule has 1 heterocycles. The molecule has 5 nitrogen and oxygen atoms in total. The summed E-state index contributed by atoms with van der Waals surface area (Å²) in [5.74, 6) is 6.75. The van der Waals surface area contributed by atoms with Gasteiger partial charge in [-0.15, -0.1) is 0 Å². The molecule has 0 spiro atoms. The van der Waals surface area contributed by atoms with E-state index in [0.717, 1.165) is 12.4 Å². The fourth-order valence-electron chi connectivity index (χ4n) is 1.57. The van der Waals surface area contributed by atoms with E-state index in [0.29, 0.717) is 5.82 Å². The summed E-state index contributed by atoms with van der Waals surface area (Å²) in [4.78, 5) is 10.2. The average molecular weight is 229 g/mol. The van der Waals surface area contributed by atoms with E-state index in [2.05, 4.69) is 27.5 Å². The Kier molecular flexibility index (Phi) is 3.52. The van der Waals surface area contributed by atoms with Gasteiger partial charge in [-0.25, -0.2) is 15.8 Å². The van der Waals surface area contributed by atoms with E-state index < -0.39 is 0 Å². The molecule has 0 radical (unpaired) electrons. The molecule has 0 saturated carbocycles. The molecule has 0 amide bonds. The highest BCUT2D eigenvalue weighted by Gasteiger charge is 2.04. The number of hydrogen-bond donors (Lipinski definition) is 2. The third-order valence-electron chi connectivity index (χ3n) is 2.45. The zero-order valence-electron chi connectivity index (χ0n) is 9.67. The van der Waals surface area contributed by atoms with Crippen LogP contribution in [0.25, 0.3) is 0 Å². The minimum absolute atomic E-state index is 0.606. The van der Waals surface area contributed by atoms with Crippen molar-refractivity contribution in [1.82, 2.24) is 9.97 Å². The zero-order valence-corrected chi connectivity index (χ0v) is 9.67. The van der Waals surface area contributed by atoms with Crippen LogP contribution in [0.15, 0.2) is 42.7 Å². The van der Waals surface area contributed by atoms with E-state index in [1.165, 1.54) is 11.9 Å². The molecule has 0 unspecified atom stereocenters. The Balaban J connectivity index is 2.11. The Bertz CT molecular complexity index is 471. The number of benzene rings is 1. The quantitative estimate of drug-likeness (QED) is 0.612. The molecule has 0 bridgehead atoms. The third-order valence-corrected chi connectivity index (χ3v) is 2.45. The van der Waals surface area contributed by atoms with E-state index >= 15 is 0 Å². The summed E-state index contributed by atoms with van der Waals surface area (Å²) in [6.07, 6.45) is 1.49. The van der Waals surface area contributed by atoms with Crippen LogP contribution in [0.2, 0.25) is 0 Å². The molecule has 0 fully saturated rings. The van der Waals surface area contributed by atoms with Crippen LogP contribution >= 0.6 is 0 Å². The topological polar surface area (TPSA) is 67.1 Å². The Morgan fingerprint density at radius 3 is 2.71 bits per heavy atom. The van der Waals surface area contributed by atoms with Crippen molar-refractivity contribution in [3.05, 3.63) is 48.3 Å². The summed E-state index contributed by atoms with van der Waals surface area (Å²) in [6, 6.07) is 12.0. The number of anilines is 2. The Hall–Kier alpha value is -2.14. The number of nitrogen functional groups attached to an aromatic ring is 1. The Labute approximate surface area is 100 Å². The van der Waals surface area contributed by atoms with Gasteiger partial charge in [-0.3, -0.25) is 0 Å². The molecule has 0 aliphatic heterocycles. The Morgan fingerprint density at radius 1 is 1.24 bits per heavy atom. The van der Waals surface area contributed by atoms with Gasteiger partial charge in [0.1, 0.15) is 18.0 Å². The van der Waals surface area contributed by atoms with E-state index in [-0.39, 0.29) is 0 Å². The number of nitrogens with zero attached hydrogens (tertiary/aromatic N) is 3. The monoisotopic (exact) mass is 229 g/mol. The van der Waals surface area contributed by atoms with Gasteiger partial charge in [0.25, 0.3) is 0 Å². The predicted molar refractivity (Wildman–Crippen MR) is 68.4 cm³/mol. The van der Waals surface area contributed by atoms with Crippen molar-refractivity contribution < 1.29 is 0 Å². The van der Waals surface area contributed by atoms with Gasteiger partial charge in [0, 0.05) is 19.7 Å². The lowest BCUT2D eigenvalue weighted by Gasteiger charge is -2.18. The van der Waals surface area contributed by atoms with E-state index in [9.17, 15) is 0 Å². The lowest BCUT2D eigenvalue weighted by molar-refractivity contribution is 0.891. The van der Waals surface area contributed by atoms with E-state index in [1.807, 2.05) is 36.2 Å². The van der Waals surface area contributed by atoms with Gasteiger partial charge in [0.2, 0.25) is 0 Å². The maximum atomic E-state index is 5.31. The number of nitrogens with two attached hydrogens (primary N) is 1. The zero-order chi connectivity index (χ0) is 12.1. The molecule has 2 aromatic rings. The summed E-state index contributed by atoms with van der Waals surface area (Å²) in [6.45, 7) is 0.794. The van der Waals surface area contributed by atoms with Crippen LogP contribution in [0.4, 0.5) is 11.6 Å². The van der Waals surface area contributed by atoms with Crippen molar-refractivity contribution in [2.75, 3.05) is 17.4 Å². The SMILES string of the molecule is CN(Cc1ccccc1)c1cc(NN)ncn1. The largest absolute Gasteiger partial charge is 0.355 e. The predicted octanol–water partition coefficient (Wildman–Crippen LogP) is 1.40. The van der Waals surface area contributed by atoms with Crippen LogP contribution in [0, 0.1) is 0 Å². The second-order valence-electron chi connectivity index (χ2n) is 3.75. The van der Waals surface area contributed by atoms with Gasteiger partial charge in [0.05, 0.1) is 0 Å². The maximum Gasteiger partial charge on any atom is 0.145 e. The van der Waals surface area contributed by atoms with Crippen molar-refractivity contribution in [2.45, 2.75) is 6.54 Å². The van der Waals surface area contributed by atoms with Crippen LogP contribution in [0.5, 0.6) is 0 Å². The number of aromatic nitrogens is 2. The van der Waals surface area contributed by atoms with Crippen molar-refractivity contribution in [2.24, 2.45) is 5.84 Å². The normalized spacial score (nSPS) is 10.0. The fourth-order valence-corrected chi connectivity index (χ4v) is 1.57. The average Bonchev–Trinajstić information content (AvgIpc) is 2.40. The highest BCUT2D eigenvalue weighted by Crippen LogP contribution is 2.14. The molecule has 88 valence electrons. The first kappa shape index (κ1) is 11.3. The molecule has 2 rings (SSSR count). The molecule has 1 aromatic heterocycles. The summed E-state index contributed by atoms with van der Waals surface area (Å²) in [7, 11) is 1.98. The first-order valence-corrected chi connectivity index (χ1v) is 5.33. The minimum Gasteiger partial charge on any atom is -0.355 e. The van der Waals surface area contributed by atoms with Crippen LogP contribution in [0.1, 0.15) is 5.56 Å². The van der Waals surface area contributed by atoms with Gasteiger partial charge < -0.3 is 10.3 Å². The molecule has 5 heteroatoms. The lowest BCUT2D eigenvalue weighted by atomic mass is 10.2. The van der Waals surface area contributed by atoms with Gasteiger partial charge in [-0.1, -0.05) is 30.3 Å². The lowest BCUT2D eigenvalue weighted by Crippen LogP contribution is -2.18. The van der Waals surface area contributed by atoms with Gasteiger partial charge >= 0.3 is 0 Å². The summed E-state index contributed by atoms with van der Waals surface area (Å²) < 4.78 is 0. The first-order valence-electron chi connectivity index (χ1n) is 5.33. The van der Waals surface area contributed by atoms with Crippen LogP contribution < -0.4 is 16.2 Å². The van der Waals surface area contributed by atoms with E-state index in [1.54, 1.807) is 0 Å². The number of hydrogen-bond acceptors (Lipinski definition) is 5. The number of nitrogens with one attached hydrogen (secondary N) is 1. The summed E-state index contributed by atoms with van der Waals surface area (Å²) in [5.41, 5.74) is 3.74. The van der Waals surface area contributed by atoms with Crippen LogP contribution in [-0.4, -0.2) is 17.0 Å². The van der Waals surface area contributed by atoms with Gasteiger partial charge in [-0.2, -0.15) is 0 Å². The highest BCUT2D eigenvalue weighted by atomic mass is 15.3. The standard InChI is InChI=1S/C12H15N5/c1-17(8-10-5-3-2-4-6-10)12-7-11(16-13)14-9-15-12/h2-7,9H,8,13H2,1H3,(H,14,15,16). The van der Waals surface area contributed by atoms with Crippen LogP contribution in [-0.2, 0) is 6.54 Å². The molecular formula is C12H15N5. The number of rotatable bonds is 4. The Morgan fingerprint density at radius 2 is 2.00 bits per heavy atom. The first-order chi connectivity index (χ1) is 8.29. The molecule has 0 saturated heterocycles. The molecular weight excluding hydrogens is 214 g/mol. The summed E-state index contributed by atoms with van der Waals surface area (Å²) >= 11 is 0. The van der Waals surface area contributed by atoms with Crippen molar-refractivity contribution >= 4 is 11.6 Å². The molecule has 0 aliphatic carbocycles. The van der Waals surface area contributed by atoms with Gasteiger partial charge in [-0.05, 0) is 5.56 Å². The highest BCUT2D eigenvalue weighted by molar-refractivity contribution is 5.47. The third kappa shape index (κ3) is 2.92. The van der Waals surface area contributed by atoms with Crippen molar-refractivity contribution in [1.29, 1.82) is 0 Å². The summed E-state index contributed by atoms with van der Waals surface area (Å²) in [5, 5.41) is 0. The molecule has 0 atom stereocenters. The fraction of sp³-hybridized carbons (Fsp3) is 0.167. The smallest absolute Gasteiger partial charge is 0.145 e. The van der Waals surface area contributed by atoms with E-state index in [4.69, 9.17) is 5.84 Å². The van der Waals surface area contributed by atoms with Crippen molar-refractivity contribution in [3.8, 4) is 0 Å². The second kappa shape index (κ2) is 5.27. The minimum atomic E-state index is 0.606. The van der Waals surface area contributed by atoms with Gasteiger partial charge in [0.15, 0.2) is 0 Å². The molecule has 3 N–H and O–H groups in total. The second-order valence-corrected chi connectivity index (χ2v) is 3.75.